The molecule has 0 bridgehead atoms. The highest BCUT2D eigenvalue weighted by Gasteiger charge is 2.19. The first-order valence-corrected chi connectivity index (χ1v) is 8.46. The second kappa shape index (κ2) is 6.91. The van der Waals surface area contributed by atoms with Crippen molar-refractivity contribution in [1.29, 1.82) is 10.5 Å². The number of nitriles is 2. The normalized spacial score (nSPS) is 10.6. The number of halogens is 1. The topological polar surface area (TPSA) is 126 Å². The van der Waals surface area contributed by atoms with Crippen molar-refractivity contribution in [3.8, 4) is 17.8 Å². The maximum absolute atomic E-state index is 13.4. The van der Waals surface area contributed by atoms with Crippen molar-refractivity contribution in [2.45, 2.75) is 6.54 Å². The summed E-state index contributed by atoms with van der Waals surface area (Å²) in [4.78, 5) is 21.6. The van der Waals surface area contributed by atoms with E-state index in [4.69, 9.17) is 11.0 Å². The minimum Gasteiger partial charge on any atom is -0.369 e. The lowest BCUT2D eigenvalue weighted by molar-refractivity contribution is 0.626. The van der Waals surface area contributed by atoms with Gasteiger partial charge in [0.25, 0.3) is 5.56 Å². The first-order chi connectivity index (χ1) is 14.0. The molecule has 140 valence electrons. The van der Waals surface area contributed by atoms with Gasteiger partial charge in [-0.05, 0) is 36.4 Å². The summed E-state index contributed by atoms with van der Waals surface area (Å²) in [5.74, 6) is -0.238. The number of nitrogen functional groups attached to an aromatic ring is 1. The van der Waals surface area contributed by atoms with Gasteiger partial charge in [-0.25, -0.2) is 14.4 Å². The number of nitrogens with two attached hydrogens (primary N) is 1. The van der Waals surface area contributed by atoms with Crippen LogP contribution in [0.5, 0.6) is 0 Å². The van der Waals surface area contributed by atoms with Crippen LogP contribution in [-0.2, 0) is 6.54 Å². The fourth-order valence-electron chi connectivity index (χ4n) is 3.10. The van der Waals surface area contributed by atoms with Crippen molar-refractivity contribution >= 4 is 16.9 Å². The zero-order chi connectivity index (χ0) is 20.5. The Morgan fingerprint density at radius 3 is 2.45 bits per heavy atom. The molecule has 9 heteroatoms. The summed E-state index contributed by atoms with van der Waals surface area (Å²) in [5.41, 5.74) is 6.26. The van der Waals surface area contributed by atoms with E-state index in [-0.39, 0.29) is 35.3 Å². The molecule has 2 aromatic carbocycles. The molecular weight excluding hydrogens is 373 g/mol. The standard InChI is InChI=1S/C20H12FN7O/c21-12-5-7-13(8-6-12)28-18(25-15-4-2-1-3-14(15)19(28)29)11-27-17(10-23)16(9-22)26-20(27)24/h1-8H,11H2,(H2,24,26). The zero-order valence-electron chi connectivity index (χ0n) is 14.9. The number of para-hydroxylation sites is 1. The van der Waals surface area contributed by atoms with Crippen LogP contribution < -0.4 is 11.3 Å². The predicted molar refractivity (Wildman–Crippen MR) is 102 cm³/mol. The molecular formula is C20H12FN7O. The monoisotopic (exact) mass is 385 g/mol. The SMILES string of the molecule is N#Cc1nc(N)n(Cc2nc3ccccc3c(=O)n2-c2ccc(F)cc2)c1C#N. The fourth-order valence-corrected chi connectivity index (χ4v) is 3.10. The third kappa shape index (κ3) is 2.97. The van der Waals surface area contributed by atoms with Crippen molar-refractivity contribution in [1.82, 2.24) is 19.1 Å². The quantitative estimate of drug-likeness (QED) is 0.575. The van der Waals surface area contributed by atoms with Crippen molar-refractivity contribution in [2.75, 3.05) is 5.73 Å². The maximum atomic E-state index is 13.4. The average molecular weight is 385 g/mol. The van der Waals surface area contributed by atoms with Crippen LogP contribution in [0.15, 0.2) is 53.3 Å². The molecule has 2 heterocycles. The smallest absolute Gasteiger partial charge is 0.266 e. The van der Waals surface area contributed by atoms with Gasteiger partial charge in [-0.1, -0.05) is 12.1 Å². The van der Waals surface area contributed by atoms with Crippen molar-refractivity contribution < 1.29 is 4.39 Å². The molecule has 0 saturated carbocycles. The molecule has 0 radical (unpaired) electrons. The van der Waals surface area contributed by atoms with E-state index >= 15 is 0 Å². The van der Waals surface area contributed by atoms with Gasteiger partial charge < -0.3 is 5.73 Å². The van der Waals surface area contributed by atoms with E-state index in [0.717, 1.165) is 0 Å². The van der Waals surface area contributed by atoms with E-state index in [1.807, 2.05) is 12.1 Å². The number of anilines is 1. The van der Waals surface area contributed by atoms with Gasteiger partial charge in [-0.3, -0.25) is 13.9 Å². The van der Waals surface area contributed by atoms with Crippen LogP contribution in [0.25, 0.3) is 16.6 Å². The summed E-state index contributed by atoms with van der Waals surface area (Å²) in [6.45, 7) is -0.0825. The van der Waals surface area contributed by atoms with Crippen molar-refractivity contribution in [2.24, 2.45) is 0 Å². The van der Waals surface area contributed by atoms with E-state index < -0.39 is 5.82 Å². The van der Waals surface area contributed by atoms with Gasteiger partial charge in [-0.2, -0.15) is 10.5 Å². The van der Waals surface area contributed by atoms with Crippen LogP contribution >= 0.6 is 0 Å². The lowest BCUT2D eigenvalue weighted by Crippen LogP contribution is -2.26. The molecule has 0 saturated heterocycles. The average Bonchev–Trinajstić information content (AvgIpc) is 3.04. The Labute approximate surface area is 163 Å². The molecule has 2 aromatic heterocycles. The minimum atomic E-state index is -0.443. The Morgan fingerprint density at radius 1 is 1.03 bits per heavy atom. The number of rotatable bonds is 3. The Balaban J connectivity index is 2.00. The second-order valence-electron chi connectivity index (χ2n) is 6.14. The molecule has 0 amide bonds. The molecule has 2 N–H and O–H groups in total. The first kappa shape index (κ1) is 17.9. The highest BCUT2D eigenvalue weighted by molar-refractivity contribution is 5.77. The number of fused-ring (bicyclic) bond motifs is 1. The number of hydrogen-bond acceptors (Lipinski definition) is 6. The van der Waals surface area contributed by atoms with Gasteiger partial charge >= 0.3 is 0 Å². The van der Waals surface area contributed by atoms with Crippen molar-refractivity contribution in [3.05, 3.63) is 81.9 Å². The summed E-state index contributed by atoms with van der Waals surface area (Å²) in [5, 5.41) is 19.0. The predicted octanol–water partition coefficient (Wildman–Crippen LogP) is 2.10. The number of imidazole rings is 1. The van der Waals surface area contributed by atoms with Crippen molar-refractivity contribution in [3.63, 3.8) is 0 Å². The molecule has 8 nitrogen and oxygen atoms in total. The Bertz CT molecular complexity index is 1390. The number of hydrogen-bond donors (Lipinski definition) is 1. The molecule has 4 rings (SSSR count). The molecule has 0 aliphatic carbocycles. The van der Waals surface area contributed by atoms with E-state index in [0.29, 0.717) is 16.6 Å². The van der Waals surface area contributed by atoms with Crippen LogP contribution in [0.4, 0.5) is 10.3 Å². The first-order valence-electron chi connectivity index (χ1n) is 8.46. The van der Waals surface area contributed by atoms with E-state index in [1.54, 1.807) is 24.3 Å². The molecule has 0 aliphatic heterocycles. The van der Waals surface area contributed by atoms with E-state index in [1.165, 1.54) is 33.4 Å². The van der Waals surface area contributed by atoms with E-state index in [2.05, 4.69) is 9.97 Å². The second-order valence-corrected chi connectivity index (χ2v) is 6.14. The number of benzene rings is 2. The lowest BCUT2D eigenvalue weighted by atomic mass is 10.2. The summed E-state index contributed by atoms with van der Waals surface area (Å²) in [7, 11) is 0. The van der Waals surface area contributed by atoms with Crippen LogP contribution in [0, 0.1) is 28.5 Å². The molecule has 0 fully saturated rings. The van der Waals surface area contributed by atoms with Gasteiger partial charge in [0.2, 0.25) is 5.95 Å². The highest BCUT2D eigenvalue weighted by Crippen LogP contribution is 2.18. The van der Waals surface area contributed by atoms with Gasteiger partial charge in [0, 0.05) is 0 Å². The summed E-state index contributed by atoms with van der Waals surface area (Å²) < 4.78 is 16.0. The Kier molecular flexibility index (Phi) is 4.26. The number of aromatic nitrogens is 4. The summed E-state index contributed by atoms with van der Waals surface area (Å²) in [6, 6.07) is 15.9. The van der Waals surface area contributed by atoms with Crippen LogP contribution in [-0.4, -0.2) is 19.1 Å². The van der Waals surface area contributed by atoms with E-state index in [9.17, 15) is 14.4 Å². The van der Waals surface area contributed by atoms with Crippen LogP contribution in [0.3, 0.4) is 0 Å². The number of nitrogens with zero attached hydrogens (tertiary/aromatic N) is 6. The Morgan fingerprint density at radius 2 is 1.76 bits per heavy atom. The van der Waals surface area contributed by atoms with Gasteiger partial charge in [0.15, 0.2) is 11.4 Å². The molecule has 0 spiro atoms. The lowest BCUT2D eigenvalue weighted by Gasteiger charge is -2.15. The molecule has 0 unspecified atom stereocenters. The van der Waals surface area contributed by atoms with Crippen LogP contribution in [0.1, 0.15) is 17.2 Å². The molecule has 0 aliphatic rings. The third-order valence-electron chi connectivity index (χ3n) is 4.44. The van der Waals surface area contributed by atoms with Gasteiger partial charge in [-0.15, -0.1) is 0 Å². The summed E-state index contributed by atoms with van der Waals surface area (Å²) in [6.07, 6.45) is 0. The molecule has 29 heavy (non-hydrogen) atoms. The Hall–Kier alpha value is -4.50. The van der Waals surface area contributed by atoms with Crippen LogP contribution in [0.2, 0.25) is 0 Å². The van der Waals surface area contributed by atoms with Gasteiger partial charge in [0.05, 0.1) is 23.1 Å². The van der Waals surface area contributed by atoms with Gasteiger partial charge in [0.1, 0.15) is 23.8 Å². The molecule has 0 atom stereocenters. The molecule has 4 aromatic rings. The highest BCUT2D eigenvalue weighted by atomic mass is 19.1. The minimum absolute atomic E-state index is 0.0296. The summed E-state index contributed by atoms with van der Waals surface area (Å²) >= 11 is 0. The zero-order valence-corrected chi connectivity index (χ0v) is 14.9. The largest absolute Gasteiger partial charge is 0.369 e. The maximum Gasteiger partial charge on any atom is 0.266 e. The fraction of sp³-hybridized carbons (Fsp3) is 0.0500. The third-order valence-corrected chi connectivity index (χ3v) is 4.44.